The van der Waals surface area contributed by atoms with E-state index in [1.165, 1.54) is 32.5 Å². The van der Waals surface area contributed by atoms with Crippen molar-refractivity contribution in [3.8, 4) is 0 Å². The third-order valence-corrected chi connectivity index (χ3v) is 3.48. The summed E-state index contributed by atoms with van der Waals surface area (Å²) in [5.74, 6) is 1.82. The van der Waals surface area contributed by atoms with E-state index in [9.17, 15) is 0 Å². The van der Waals surface area contributed by atoms with Gasteiger partial charge in [0.15, 0.2) is 0 Å². The molecule has 0 bridgehead atoms. The molecular formula is C10H20BrN. The first-order chi connectivity index (χ1) is 5.74. The Balaban J connectivity index is 2.10. The summed E-state index contributed by atoms with van der Waals surface area (Å²) in [5, 5.41) is 1.16. The van der Waals surface area contributed by atoms with Crippen molar-refractivity contribution in [2.24, 2.45) is 11.8 Å². The fraction of sp³-hybridized carbons (Fsp3) is 1.00. The van der Waals surface area contributed by atoms with Crippen LogP contribution in [0.15, 0.2) is 0 Å². The minimum Gasteiger partial charge on any atom is -0.303 e. The van der Waals surface area contributed by atoms with Gasteiger partial charge in [0, 0.05) is 18.4 Å². The number of rotatable bonds is 4. The lowest BCUT2D eigenvalue weighted by molar-refractivity contribution is 0.318. The largest absolute Gasteiger partial charge is 0.303 e. The van der Waals surface area contributed by atoms with E-state index in [2.05, 4.69) is 34.7 Å². The van der Waals surface area contributed by atoms with Gasteiger partial charge in [0.25, 0.3) is 0 Å². The molecule has 0 spiro atoms. The molecule has 0 aliphatic carbocycles. The zero-order valence-corrected chi connectivity index (χ0v) is 9.81. The Morgan fingerprint density at radius 3 is 2.25 bits per heavy atom. The first-order valence-electron chi connectivity index (χ1n) is 5.02. The van der Waals surface area contributed by atoms with E-state index < -0.39 is 0 Å². The highest BCUT2D eigenvalue weighted by atomic mass is 79.9. The van der Waals surface area contributed by atoms with Gasteiger partial charge >= 0.3 is 0 Å². The number of hydrogen-bond acceptors (Lipinski definition) is 1. The van der Waals surface area contributed by atoms with Crippen molar-refractivity contribution in [3.05, 3.63) is 0 Å². The molecule has 1 nitrogen and oxygen atoms in total. The van der Waals surface area contributed by atoms with Gasteiger partial charge in [0.1, 0.15) is 0 Å². The Kier molecular flexibility index (Phi) is 4.59. The molecule has 1 rings (SSSR count). The average Bonchev–Trinajstić information content (AvgIpc) is 2.32. The van der Waals surface area contributed by atoms with E-state index in [0.717, 1.165) is 17.2 Å². The molecule has 0 saturated carbocycles. The first kappa shape index (κ1) is 10.5. The summed E-state index contributed by atoms with van der Waals surface area (Å²) in [7, 11) is 0. The number of nitrogens with zero attached hydrogens (tertiary/aromatic N) is 1. The number of likely N-dealkylation sites (tertiary alicyclic amines) is 1. The van der Waals surface area contributed by atoms with Crippen molar-refractivity contribution in [1.29, 1.82) is 0 Å². The predicted octanol–water partition coefficient (Wildman–Crippen LogP) is 2.75. The summed E-state index contributed by atoms with van der Waals surface area (Å²) in [6, 6.07) is 0. The van der Waals surface area contributed by atoms with Crippen LogP contribution in [0.2, 0.25) is 0 Å². The van der Waals surface area contributed by atoms with Crippen molar-refractivity contribution in [2.45, 2.75) is 26.7 Å². The van der Waals surface area contributed by atoms with E-state index in [1.807, 2.05) is 0 Å². The number of hydrogen-bond donors (Lipinski definition) is 0. The Hall–Kier alpha value is 0.440. The summed E-state index contributed by atoms with van der Waals surface area (Å²) < 4.78 is 0. The third-order valence-electron chi connectivity index (χ3n) is 2.92. The smallest absolute Gasteiger partial charge is 0.00317 e. The predicted molar refractivity (Wildman–Crippen MR) is 57.8 cm³/mol. The topological polar surface area (TPSA) is 3.24 Å². The van der Waals surface area contributed by atoms with E-state index in [0.29, 0.717) is 0 Å². The molecule has 1 fully saturated rings. The highest BCUT2D eigenvalue weighted by Crippen LogP contribution is 2.21. The maximum Gasteiger partial charge on any atom is 0.00317 e. The van der Waals surface area contributed by atoms with Crippen molar-refractivity contribution < 1.29 is 0 Å². The molecule has 1 saturated heterocycles. The zero-order valence-electron chi connectivity index (χ0n) is 8.22. The van der Waals surface area contributed by atoms with Crippen molar-refractivity contribution in [3.63, 3.8) is 0 Å². The number of alkyl halides is 1. The Morgan fingerprint density at radius 1 is 1.17 bits per heavy atom. The van der Waals surface area contributed by atoms with Gasteiger partial charge in [-0.1, -0.05) is 29.8 Å². The standard InChI is InChI=1S/C10H20BrN/c1-9-7-12(8-10(9)2)6-4-3-5-11/h9-10H,3-8H2,1-2H3. The second-order valence-corrected chi connectivity index (χ2v) is 4.90. The molecule has 2 heteroatoms. The molecule has 1 aliphatic heterocycles. The molecule has 0 aromatic carbocycles. The van der Waals surface area contributed by atoms with Crippen LogP contribution >= 0.6 is 15.9 Å². The van der Waals surface area contributed by atoms with Gasteiger partial charge in [-0.25, -0.2) is 0 Å². The minimum atomic E-state index is 0.911. The summed E-state index contributed by atoms with van der Waals surface area (Å²) in [6.45, 7) is 8.69. The Bertz CT molecular complexity index is 117. The van der Waals surface area contributed by atoms with Crippen LogP contribution in [-0.4, -0.2) is 29.9 Å². The Morgan fingerprint density at radius 2 is 1.75 bits per heavy atom. The van der Waals surface area contributed by atoms with Crippen molar-refractivity contribution >= 4 is 15.9 Å². The van der Waals surface area contributed by atoms with Crippen LogP contribution in [0.3, 0.4) is 0 Å². The minimum absolute atomic E-state index is 0.911. The van der Waals surface area contributed by atoms with E-state index in [1.54, 1.807) is 0 Å². The molecular weight excluding hydrogens is 214 g/mol. The van der Waals surface area contributed by atoms with E-state index in [-0.39, 0.29) is 0 Å². The first-order valence-corrected chi connectivity index (χ1v) is 6.14. The summed E-state index contributed by atoms with van der Waals surface area (Å²) in [4.78, 5) is 2.61. The zero-order chi connectivity index (χ0) is 8.97. The van der Waals surface area contributed by atoms with Gasteiger partial charge in [-0.05, 0) is 31.2 Å². The SMILES string of the molecule is CC1CN(CCCCBr)CC1C. The van der Waals surface area contributed by atoms with Gasteiger partial charge in [0.2, 0.25) is 0 Å². The molecule has 2 atom stereocenters. The van der Waals surface area contributed by atoms with E-state index in [4.69, 9.17) is 0 Å². The molecule has 1 aliphatic rings. The molecule has 12 heavy (non-hydrogen) atoms. The number of halogens is 1. The second kappa shape index (κ2) is 5.23. The van der Waals surface area contributed by atoms with Crippen LogP contribution < -0.4 is 0 Å². The summed E-state index contributed by atoms with van der Waals surface area (Å²) in [6.07, 6.45) is 2.67. The molecule has 0 amide bonds. The molecule has 2 unspecified atom stereocenters. The molecule has 1 heterocycles. The molecule has 0 aromatic heterocycles. The average molecular weight is 234 g/mol. The van der Waals surface area contributed by atoms with Gasteiger partial charge in [-0.3, -0.25) is 0 Å². The Labute approximate surface area is 84.6 Å². The van der Waals surface area contributed by atoms with Gasteiger partial charge in [0.05, 0.1) is 0 Å². The fourth-order valence-electron chi connectivity index (χ4n) is 1.86. The van der Waals surface area contributed by atoms with Crippen molar-refractivity contribution in [1.82, 2.24) is 4.90 Å². The third kappa shape index (κ3) is 3.06. The van der Waals surface area contributed by atoms with E-state index >= 15 is 0 Å². The maximum atomic E-state index is 3.46. The van der Waals surface area contributed by atoms with Crippen LogP contribution in [0.1, 0.15) is 26.7 Å². The maximum absolute atomic E-state index is 3.46. The van der Waals surface area contributed by atoms with Gasteiger partial charge in [-0.15, -0.1) is 0 Å². The second-order valence-electron chi connectivity index (χ2n) is 4.11. The highest BCUT2D eigenvalue weighted by Gasteiger charge is 2.24. The fourth-order valence-corrected chi connectivity index (χ4v) is 2.26. The monoisotopic (exact) mass is 233 g/mol. The van der Waals surface area contributed by atoms with Gasteiger partial charge < -0.3 is 4.90 Å². The normalized spacial score (nSPS) is 31.2. The summed E-state index contributed by atoms with van der Waals surface area (Å²) >= 11 is 3.46. The molecule has 0 aromatic rings. The molecule has 72 valence electrons. The van der Waals surface area contributed by atoms with Crippen molar-refractivity contribution in [2.75, 3.05) is 25.0 Å². The molecule has 0 radical (unpaired) electrons. The highest BCUT2D eigenvalue weighted by molar-refractivity contribution is 9.09. The number of unbranched alkanes of at least 4 members (excludes halogenated alkanes) is 1. The summed E-state index contributed by atoms with van der Waals surface area (Å²) in [5.41, 5.74) is 0. The lowest BCUT2D eigenvalue weighted by Crippen LogP contribution is -2.21. The van der Waals surface area contributed by atoms with Crippen LogP contribution in [0, 0.1) is 11.8 Å². The quantitative estimate of drug-likeness (QED) is 0.534. The van der Waals surface area contributed by atoms with Crippen LogP contribution in [-0.2, 0) is 0 Å². The van der Waals surface area contributed by atoms with Gasteiger partial charge in [-0.2, -0.15) is 0 Å². The lowest BCUT2D eigenvalue weighted by atomic mass is 10.0. The molecule has 0 N–H and O–H groups in total. The van der Waals surface area contributed by atoms with Crippen LogP contribution in [0.4, 0.5) is 0 Å². The van der Waals surface area contributed by atoms with Crippen LogP contribution in [0.25, 0.3) is 0 Å². The van der Waals surface area contributed by atoms with Crippen LogP contribution in [0.5, 0.6) is 0 Å². The lowest BCUT2D eigenvalue weighted by Gasteiger charge is -2.14.